The van der Waals surface area contributed by atoms with Gasteiger partial charge in [0.1, 0.15) is 5.75 Å². The number of rotatable bonds is 1. The second-order valence-corrected chi connectivity index (χ2v) is 3.50. The second kappa shape index (κ2) is 4.31. The van der Waals surface area contributed by atoms with Gasteiger partial charge in [0.05, 0.1) is 24.8 Å². The Balaban J connectivity index is 2.42. The zero-order valence-electron chi connectivity index (χ0n) is 8.27. The van der Waals surface area contributed by atoms with E-state index in [1.807, 2.05) is 0 Å². The lowest BCUT2D eigenvalue weighted by Gasteiger charge is -2.25. The lowest BCUT2D eigenvalue weighted by molar-refractivity contribution is 0.0745. The second-order valence-electron chi connectivity index (χ2n) is 3.50. The summed E-state index contributed by atoms with van der Waals surface area (Å²) < 4.78 is 44.3. The summed E-state index contributed by atoms with van der Waals surface area (Å²) in [6, 6.07) is -0.104. The number of phenols is 1. The van der Waals surface area contributed by atoms with Crippen molar-refractivity contribution in [1.82, 2.24) is 5.32 Å². The quantitative estimate of drug-likeness (QED) is 0.722. The summed E-state index contributed by atoms with van der Waals surface area (Å²) in [5.41, 5.74) is -0.293. The minimum absolute atomic E-state index is 0.107. The van der Waals surface area contributed by atoms with E-state index in [9.17, 15) is 18.3 Å². The lowest BCUT2D eigenvalue weighted by Crippen LogP contribution is -2.35. The van der Waals surface area contributed by atoms with E-state index in [0.29, 0.717) is 19.2 Å². The summed E-state index contributed by atoms with van der Waals surface area (Å²) in [4.78, 5) is 0. The van der Waals surface area contributed by atoms with Gasteiger partial charge >= 0.3 is 0 Å². The monoisotopic (exact) mass is 233 g/mol. The summed E-state index contributed by atoms with van der Waals surface area (Å²) in [6.07, 6.45) is 0. The number of hydrogen-bond donors (Lipinski definition) is 2. The van der Waals surface area contributed by atoms with Crippen LogP contribution in [-0.4, -0.2) is 24.9 Å². The van der Waals surface area contributed by atoms with Gasteiger partial charge in [-0.2, -0.15) is 0 Å². The third-order valence-corrected chi connectivity index (χ3v) is 2.45. The molecule has 1 heterocycles. The summed E-state index contributed by atoms with van der Waals surface area (Å²) >= 11 is 0. The maximum Gasteiger partial charge on any atom is 0.195 e. The molecule has 0 radical (unpaired) electrons. The minimum Gasteiger partial charge on any atom is -0.507 e. The Morgan fingerprint density at radius 2 is 2.06 bits per heavy atom. The van der Waals surface area contributed by atoms with E-state index in [1.165, 1.54) is 0 Å². The van der Waals surface area contributed by atoms with Crippen molar-refractivity contribution in [2.75, 3.05) is 19.8 Å². The molecule has 0 bridgehead atoms. The van der Waals surface area contributed by atoms with Crippen LogP contribution in [0.15, 0.2) is 6.07 Å². The number of hydrogen-bond acceptors (Lipinski definition) is 3. The number of ether oxygens (including phenoxy) is 1. The van der Waals surface area contributed by atoms with Gasteiger partial charge in [0.25, 0.3) is 0 Å². The van der Waals surface area contributed by atoms with Crippen LogP contribution in [0.5, 0.6) is 5.75 Å². The number of aromatic hydroxyl groups is 1. The first-order valence-electron chi connectivity index (χ1n) is 4.78. The molecule has 0 amide bonds. The Bertz CT molecular complexity index is 406. The predicted octanol–water partition coefficient (Wildman–Crippen LogP) is 1.47. The van der Waals surface area contributed by atoms with Gasteiger partial charge in [-0.1, -0.05) is 0 Å². The first-order chi connectivity index (χ1) is 7.61. The van der Waals surface area contributed by atoms with Gasteiger partial charge in [-0.05, 0) is 0 Å². The molecule has 2 N–H and O–H groups in total. The van der Waals surface area contributed by atoms with E-state index < -0.39 is 29.2 Å². The molecule has 6 heteroatoms. The number of benzene rings is 1. The molecule has 0 spiro atoms. The highest BCUT2D eigenvalue weighted by molar-refractivity contribution is 5.37. The molecule has 16 heavy (non-hydrogen) atoms. The smallest absolute Gasteiger partial charge is 0.195 e. The number of halogens is 3. The summed E-state index contributed by atoms with van der Waals surface area (Å²) in [7, 11) is 0. The molecule has 1 atom stereocenters. The normalized spacial score (nSPS) is 21.1. The van der Waals surface area contributed by atoms with Crippen molar-refractivity contribution < 1.29 is 23.0 Å². The summed E-state index contributed by atoms with van der Waals surface area (Å²) in [6.45, 7) is 1.03. The van der Waals surface area contributed by atoms with Gasteiger partial charge in [-0.3, -0.25) is 0 Å². The molecule has 3 nitrogen and oxygen atoms in total. The van der Waals surface area contributed by atoms with Gasteiger partial charge < -0.3 is 15.2 Å². The van der Waals surface area contributed by atoms with Crippen molar-refractivity contribution in [1.29, 1.82) is 0 Å². The van der Waals surface area contributed by atoms with Crippen LogP contribution in [0.3, 0.4) is 0 Å². The van der Waals surface area contributed by atoms with Crippen LogP contribution in [0.1, 0.15) is 11.6 Å². The fourth-order valence-corrected chi connectivity index (χ4v) is 1.68. The Morgan fingerprint density at radius 1 is 1.31 bits per heavy atom. The molecule has 1 fully saturated rings. The van der Waals surface area contributed by atoms with Crippen molar-refractivity contribution in [3.8, 4) is 5.75 Å². The topological polar surface area (TPSA) is 41.5 Å². The van der Waals surface area contributed by atoms with Crippen molar-refractivity contribution in [2.24, 2.45) is 0 Å². The Hall–Kier alpha value is -1.27. The van der Waals surface area contributed by atoms with Gasteiger partial charge in [-0.15, -0.1) is 0 Å². The standard InChI is InChI=1S/C10H10F3NO2/c11-5-3-7(15)8(10(13)9(5)12)6-4-16-2-1-14-6/h3,6,14-15H,1-2,4H2/t6-/m0/s1. The third-order valence-electron chi connectivity index (χ3n) is 2.45. The number of nitrogens with one attached hydrogen (secondary N) is 1. The van der Waals surface area contributed by atoms with E-state index in [-0.39, 0.29) is 12.2 Å². The highest BCUT2D eigenvalue weighted by atomic mass is 19.2. The number of morpholine rings is 1. The molecule has 88 valence electrons. The Kier molecular flexibility index (Phi) is 3.02. The molecule has 0 unspecified atom stereocenters. The van der Waals surface area contributed by atoms with Crippen LogP contribution in [-0.2, 0) is 4.74 Å². The van der Waals surface area contributed by atoms with Crippen LogP contribution in [0, 0.1) is 17.5 Å². The van der Waals surface area contributed by atoms with Crippen LogP contribution in [0.2, 0.25) is 0 Å². The molecule has 1 aromatic rings. The van der Waals surface area contributed by atoms with E-state index in [0.717, 1.165) is 0 Å². The van der Waals surface area contributed by atoms with Crippen molar-refractivity contribution in [2.45, 2.75) is 6.04 Å². The third kappa shape index (κ3) is 1.85. The van der Waals surface area contributed by atoms with Crippen LogP contribution < -0.4 is 5.32 Å². The molecule has 1 saturated heterocycles. The average molecular weight is 233 g/mol. The zero-order valence-corrected chi connectivity index (χ0v) is 8.27. The van der Waals surface area contributed by atoms with Gasteiger partial charge in [-0.25, -0.2) is 13.2 Å². The van der Waals surface area contributed by atoms with Crippen LogP contribution >= 0.6 is 0 Å². The maximum absolute atomic E-state index is 13.4. The largest absolute Gasteiger partial charge is 0.507 e. The maximum atomic E-state index is 13.4. The van der Waals surface area contributed by atoms with Crippen molar-refractivity contribution >= 4 is 0 Å². The van der Waals surface area contributed by atoms with Crippen LogP contribution in [0.25, 0.3) is 0 Å². The average Bonchev–Trinajstić information content (AvgIpc) is 2.28. The molecule has 2 rings (SSSR count). The van der Waals surface area contributed by atoms with Gasteiger partial charge in [0, 0.05) is 12.6 Å². The van der Waals surface area contributed by atoms with Crippen LogP contribution in [0.4, 0.5) is 13.2 Å². The van der Waals surface area contributed by atoms with E-state index >= 15 is 0 Å². The molecular weight excluding hydrogens is 223 g/mol. The summed E-state index contributed by atoms with van der Waals surface area (Å²) in [5, 5.41) is 12.3. The molecule has 1 aromatic carbocycles. The highest BCUT2D eigenvalue weighted by Gasteiger charge is 2.26. The molecule has 1 aliphatic rings. The molecule has 1 aliphatic heterocycles. The fourth-order valence-electron chi connectivity index (χ4n) is 1.68. The van der Waals surface area contributed by atoms with E-state index in [4.69, 9.17) is 4.74 Å². The molecule has 0 aromatic heterocycles. The number of phenolic OH excluding ortho intramolecular Hbond substituents is 1. The van der Waals surface area contributed by atoms with Gasteiger partial charge in [0.2, 0.25) is 0 Å². The SMILES string of the molecule is Oc1cc(F)c(F)c(F)c1[C@@H]1COCCN1. The van der Waals surface area contributed by atoms with E-state index in [2.05, 4.69) is 5.32 Å². The molecule has 0 aliphatic carbocycles. The predicted molar refractivity (Wildman–Crippen MR) is 49.5 cm³/mol. The molecule has 0 saturated carbocycles. The van der Waals surface area contributed by atoms with Crippen molar-refractivity contribution in [3.05, 3.63) is 29.1 Å². The first-order valence-corrected chi connectivity index (χ1v) is 4.78. The highest BCUT2D eigenvalue weighted by Crippen LogP contribution is 2.31. The van der Waals surface area contributed by atoms with Gasteiger partial charge in [0.15, 0.2) is 17.5 Å². The lowest BCUT2D eigenvalue weighted by atomic mass is 10.0. The first kappa shape index (κ1) is 11.2. The van der Waals surface area contributed by atoms with E-state index in [1.54, 1.807) is 0 Å². The fraction of sp³-hybridized carbons (Fsp3) is 0.400. The Morgan fingerprint density at radius 3 is 2.69 bits per heavy atom. The summed E-state index contributed by atoms with van der Waals surface area (Å²) in [5.74, 6) is -4.98. The zero-order chi connectivity index (χ0) is 11.7. The minimum atomic E-state index is -1.58. The Labute approximate surface area is 89.8 Å². The van der Waals surface area contributed by atoms with Crippen molar-refractivity contribution in [3.63, 3.8) is 0 Å². The molecular formula is C10H10F3NO2.